The van der Waals surface area contributed by atoms with Gasteiger partial charge in [-0.25, -0.2) is 0 Å². The van der Waals surface area contributed by atoms with Crippen LogP contribution in [0.15, 0.2) is 18.2 Å². The largest absolute Gasteiger partial charge is 0.495 e. The molecule has 1 saturated heterocycles. The van der Waals surface area contributed by atoms with Crippen LogP contribution in [0.2, 0.25) is 0 Å². The van der Waals surface area contributed by atoms with Gasteiger partial charge in [-0.1, -0.05) is 6.07 Å². The van der Waals surface area contributed by atoms with Crippen LogP contribution in [0.4, 0.5) is 5.69 Å². The van der Waals surface area contributed by atoms with Crippen LogP contribution in [-0.2, 0) is 0 Å². The summed E-state index contributed by atoms with van der Waals surface area (Å²) in [5.41, 5.74) is 8.19. The molecule has 1 heterocycles. The van der Waals surface area contributed by atoms with E-state index in [1.165, 1.54) is 17.7 Å². The second-order valence-electron chi connectivity index (χ2n) is 4.51. The van der Waals surface area contributed by atoms with E-state index in [0.717, 1.165) is 25.4 Å². The third-order valence-electron chi connectivity index (χ3n) is 3.29. The van der Waals surface area contributed by atoms with Crippen LogP contribution in [0.5, 0.6) is 5.75 Å². The van der Waals surface area contributed by atoms with Crippen LogP contribution in [-0.4, -0.2) is 26.7 Å². The zero-order valence-corrected chi connectivity index (χ0v) is 10.1. The van der Waals surface area contributed by atoms with E-state index in [2.05, 4.69) is 24.0 Å². The predicted octanol–water partition coefficient (Wildman–Crippen LogP) is 1.79. The van der Waals surface area contributed by atoms with E-state index >= 15 is 0 Å². The zero-order valence-electron chi connectivity index (χ0n) is 10.1. The van der Waals surface area contributed by atoms with Gasteiger partial charge in [0.15, 0.2) is 0 Å². The second kappa shape index (κ2) is 4.74. The highest BCUT2D eigenvalue weighted by atomic mass is 16.5. The van der Waals surface area contributed by atoms with Gasteiger partial charge in [0, 0.05) is 13.1 Å². The lowest BCUT2D eigenvalue weighted by Crippen LogP contribution is -2.23. The van der Waals surface area contributed by atoms with Crippen molar-refractivity contribution in [3.05, 3.63) is 23.8 Å². The Morgan fingerprint density at radius 2 is 2.31 bits per heavy atom. The topological polar surface area (TPSA) is 38.5 Å². The van der Waals surface area contributed by atoms with Crippen molar-refractivity contribution in [2.75, 3.05) is 31.6 Å². The molecule has 0 radical (unpaired) electrons. The number of anilines is 1. The smallest absolute Gasteiger partial charge is 0.142 e. The first-order chi connectivity index (χ1) is 7.74. The summed E-state index contributed by atoms with van der Waals surface area (Å²) in [6.07, 6.45) is 1.19. The molecule has 3 nitrogen and oxygen atoms in total. The summed E-state index contributed by atoms with van der Waals surface area (Å²) >= 11 is 0. The Kier molecular flexibility index (Phi) is 3.34. The van der Waals surface area contributed by atoms with Crippen molar-refractivity contribution in [3.63, 3.8) is 0 Å². The molecule has 1 fully saturated rings. The summed E-state index contributed by atoms with van der Waals surface area (Å²) in [4.78, 5) is 2.38. The van der Waals surface area contributed by atoms with Crippen LogP contribution >= 0.6 is 0 Å². The van der Waals surface area contributed by atoms with Gasteiger partial charge < -0.3 is 15.4 Å². The fraction of sp³-hybridized carbons (Fsp3) is 0.538. The molecule has 0 saturated carbocycles. The van der Waals surface area contributed by atoms with Gasteiger partial charge in [-0.3, -0.25) is 0 Å². The minimum Gasteiger partial charge on any atom is -0.495 e. The Morgan fingerprint density at radius 1 is 1.50 bits per heavy atom. The van der Waals surface area contributed by atoms with Gasteiger partial charge in [0.2, 0.25) is 0 Å². The maximum atomic E-state index is 5.72. The molecule has 88 valence electrons. The summed E-state index contributed by atoms with van der Waals surface area (Å²) < 4.78 is 5.41. The maximum absolute atomic E-state index is 5.72. The van der Waals surface area contributed by atoms with Crippen molar-refractivity contribution in [2.45, 2.75) is 13.3 Å². The van der Waals surface area contributed by atoms with E-state index in [1.54, 1.807) is 7.11 Å². The monoisotopic (exact) mass is 220 g/mol. The van der Waals surface area contributed by atoms with Crippen LogP contribution in [0.1, 0.15) is 12.0 Å². The lowest BCUT2D eigenvalue weighted by molar-refractivity contribution is 0.414. The third-order valence-corrected chi connectivity index (χ3v) is 3.29. The first kappa shape index (κ1) is 11.3. The van der Waals surface area contributed by atoms with Gasteiger partial charge in [-0.05, 0) is 43.5 Å². The van der Waals surface area contributed by atoms with E-state index in [4.69, 9.17) is 10.5 Å². The van der Waals surface area contributed by atoms with Gasteiger partial charge in [0.25, 0.3) is 0 Å². The highest BCUT2D eigenvalue weighted by molar-refractivity contribution is 5.60. The minimum absolute atomic E-state index is 0.630. The van der Waals surface area contributed by atoms with Crippen LogP contribution in [0.3, 0.4) is 0 Å². The molecule has 0 aromatic heterocycles. The van der Waals surface area contributed by atoms with Crippen molar-refractivity contribution in [1.82, 2.24) is 0 Å². The number of benzene rings is 1. The third kappa shape index (κ3) is 2.14. The average Bonchev–Trinajstić information content (AvgIpc) is 2.77. The Balaban J connectivity index is 2.22. The lowest BCUT2D eigenvalue weighted by atomic mass is 10.1. The highest BCUT2D eigenvalue weighted by Gasteiger charge is 2.23. The second-order valence-corrected chi connectivity index (χ2v) is 4.51. The Morgan fingerprint density at radius 3 is 2.94 bits per heavy atom. The van der Waals surface area contributed by atoms with Gasteiger partial charge in [-0.15, -0.1) is 0 Å². The van der Waals surface area contributed by atoms with Crippen molar-refractivity contribution in [2.24, 2.45) is 11.7 Å². The molecule has 1 aromatic rings. The Hall–Kier alpha value is -1.22. The normalized spacial score (nSPS) is 20.2. The summed E-state index contributed by atoms with van der Waals surface area (Å²) in [6.45, 7) is 5.03. The number of methoxy groups -OCH3 is 1. The lowest BCUT2D eigenvalue weighted by Gasteiger charge is -2.21. The highest BCUT2D eigenvalue weighted by Crippen LogP contribution is 2.32. The summed E-state index contributed by atoms with van der Waals surface area (Å²) in [5, 5.41) is 0. The van der Waals surface area contributed by atoms with E-state index < -0.39 is 0 Å². The molecule has 1 aromatic carbocycles. The minimum atomic E-state index is 0.630. The molecule has 16 heavy (non-hydrogen) atoms. The van der Waals surface area contributed by atoms with Crippen LogP contribution in [0.25, 0.3) is 0 Å². The number of hydrogen-bond acceptors (Lipinski definition) is 3. The molecular weight excluding hydrogens is 200 g/mol. The fourth-order valence-corrected chi connectivity index (χ4v) is 2.29. The number of ether oxygens (including phenoxy) is 1. The van der Waals surface area contributed by atoms with E-state index in [-0.39, 0.29) is 0 Å². The summed E-state index contributed by atoms with van der Waals surface area (Å²) in [6, 6.07) is 6.32. The van der Waals surface area contributed by atoms with Crippen molar-refractivity contribution in [3.8, 4) is 5.75 Å². The quantitative estimate of drug-likeness (QED) is 0.844. The molecule has 2 rings (SSSR count). The average molecular weight is 220 g/mol. The van der Waals surface area contributed by atoms with Gasteiger partial charge in [0.05, 0.1) is 12.8 Å². The predicted molar refractivity (Wildman–Crippen MR) is 67.1 cm³/mol. The number of nitrogens with zero attached hydrogens (tertiary/aromatic N) is 1. The van der Waals surface area contributed by atoms with E-state index in [0.29, 0.717) is 5.92 Å². The molecule has 0 aliphatic carbocycles. The number of rotatable bonds is 3. The van der Waals surface area contributed by atoms with E-state index in [9.17, 15) is 0 Å². The van der Waals surface area contributed by atoms with Crippen LogP contribution in [0, 0.1) is 12.8 Å². The molecule has 3 heteroatoms. The molecule has 0 spiro atoms. The Bertz CT molecular complexity index is 365. The Labute approximate surface area is 97.2 Å². The molecule has 1 aliphatic heterocycles. The molecule has 0 amide bonds. The maximum Gasteiger partial charge on any atom is 0.142 e. The first-order valence-corrected chi connectivity index (χ1v) is 5.84. The summed E-state index contributed by atoms with van der Waals surface area (Å²) in [7, 11) is 1.73. The van der Waals surface area contributed by atoms with E-state index in [1.807, 2.05) is 6.07 Å². The molecule has 1 atom stereocenters. The standard InChI is InChI=1S/C13H20N2O/c1-10-3-4-13(16-2)12(7-10)15-6-5-11(8-14)9-15/h3-4,7,11H,5-6,8-9,14H2,1-2H3. The SMILES string of the molecule is COc1ccc(C)cc1N1CCC(CN)C1. The van der Waals surface area contributed by atoms with Crippen molar-refractivity contribution in [1.29, 1.82) is 0 Å². The number of aryl methyl sites for hydroxylation is 1. The van der Waals surface area contributed by atoms with Gasteiger partial charge >= 0.3 is 0 Å². The fourth-order valence-electron chi connectivity index (χ4n) is 2.29. The molecule has 2 N–H and O–H groups in total. The van der Waals surface area contributed by atoms with Gasteiger partial charge in [0.1, 0.15) is 5.75 Å². The van der Waals surface area contributed by atoms with Crippen molar-refractivity contribution >= 4 is 5.69 Å². The van der Waals surface area contributed by atoms with Crippen molar-refractivity contribution < 1.29 is 4.74 Å². The molecule has 0 bridgehead atoms. The molecule has 1 aliphatic rings. The zero-order chi connectivity index (χ0) is 11.5. The number of nitrogens with two attached hydrogens (primary N) is 1. The molecular formula is C13H20N2O. The summed E-state index contributed by atoms with van der Waals surface area (Å²) in [5.74, 6) is 1.59. The molecule has 1 unspecified atom stereocenters. The first-order valence-electron chi connectivity index (χ1n) is 5.84. The number of hydrogen-bond donors (Lipinski definition) is 1. The van der Waals surface area contributed by atoms with Crippen LogP contribution < -0.4 is 15.4 Å². The van der Waals surface area contributed by atoms with Gasteiger partial charge in [-0.2, -0.15) is 0 Å².